The van der Waals surface area contributed by atoms with Crippen LogP contribution in [0, 0.1) is 11.6 Å². The number of phenols is 1. The number of hydrogen-bond donors (Lipinski definition) is 2. The fourth-order valence-corrected chi connectivity index (χ4v) is 4.38. The zero-order chi connectivity index (χ0) is 24.6. The maximum atomic E-state index is 14.1. The van der Waals surface area contributed by atoms with E-state index in [0.29, 0.717) is 17.7 Å². The Morgan fingerprint density at radius 2 is 1.91 bits per heavy atom. The van der Waals surface area contributed by atoms with Crippen molar-refractivity contribution >= 4 is 23.6 Å². The topological polar surface area (TPSA) is 71.0 Å². The van der Waals surface area contributed by atoms with E-state index in [0.717, 1.165) is 55.9 Å². The summed E-state index contributed by atoms with van der Waals surface area (Å²) in [5.74, 6) is -1.78. The van der Waals surface area contributed by atoms with Crippen LogP contribution in [0.4, 0.5) is 14.5 Å². The average molecular weight is 501 g/mol. The van der Waals surface area contributed by atoms with Crippen LogP contribution < -0.4 is 4.72 Å². The maximum Gasteiger partial charge on any atom is 0.341 e. The predicted octanol–water partition coefficient (Wildman–Crippen LogP) is 5.34. The van der Waals surface area contributed by atoms with Gasteiger partial charge in [0.05, 0.1) is 19.8 Å². The van der Waals surface area contributed by atoms with Gasteiger partial charge in [-0.05, 0) is 66.4 Å². The third-order valence-electron chi connectivity index (χ3n) is 5.53. The Labute approximate surface area is 207 Å². The van der Waals surface area contributed by atoms with E-state index in [4.69, 9.17) is 9.47 Å². The third kappa shape index (κ3) is 6.94. The number of aromatic hydroxyl groups is 1. The first-order valence-electron chi connectivity index (χ1n) is 11.3. The number of ether oxygens (including phenoxy) is 2. The van der Waals surface area contributed by atoms with Gasteiger partial charge in [-0.25, -0.2) is 13.6 Å². The molecule has 9 heteroatoms. The Bertz CT molecular complexity index is 1170. The lowest BCUT2D eigenvalue weighted by atomic mass is 10.1. The first-order chi connectivity index (χ1) is 17.0. The molecule has 0 atom stereocenters. The van der Waals surface area contributed by atoms with E-state index in [-0.39, 0.29) is 23.5 Å². The summed E-state index contributed by atoms with van der Waals surface area (Å²) < 4.78 is 41.4. The van der Waals surface area contributed by atoms with Gasteiger partial charge in [-0.2, -0.15) is 0 Å². The second kappa shape index (κ2) is 12.0. The number of esters is 1. The van der Waals surface area contributed by atoms with Gasteiger partial charge in [0.2, 0.25) is 0 Å². The van der Waals surface area contributed by atoms with Gasteiger partial charge in [-0.15, -0.1) is 0 Å². The van der Waals surface area contributed by atoms with E-state index in [1.165, 1.54) is 24.1 Å². The number of carbonyl (C=O) groups excluding carboxylic acids is 1. The number of nitrogens with zero attached hydrogens (tertiary/aromatic N) is 1. The Hall–Kier alpha value is -3.14. The molecule has 0 amide bonds. The number of anilines is 1. The zero-order valence-electron chi connectivity index (χ0n) is 19.0. The van der Waals surface area contributed by atoms with E-state index >= 15 is 0 Å². The standard InChI is InChI=1S/C26H26F2N2O4S/c27-19-5-8-24(28)23(16-19)18-3-1-4-21(15-18)35-29-20-6-7-22(25(31)17-20)26(32)34-12-2-9-30-10-13-33-14-11-30/h1,3-8,15-17,29,31H,2,9-14H2. The van der Waals surface area contributed by atoms with Crippen molar-refractivity contribution in [1.29, 1.82) is 0 Å². The van der Waals surface area contributed by atoms with Crippen LogP contribution in [0.1, 0.15) is 16.8 Å². The van der Waals surface area contributed by atoms with Crippen LogP contribution in [0.5, 0.6) is 5.75 Å². The summed E-state index contributed by atoms with van der Waals surface area (Å²) in [6.45, 7) is 4.32. The van der Waals surface area contributed by atoms with Crippen molar-refractivity contribution in [2.75, 3.05) is 44.2 Å². The number of benzene rings is 3. The molecule has 184 valence electrons. The number of nitrogens with one attached hydrogen (secondary N) is 1. The van der Waals surface area contributed by atoms with Crippen molar-refractivity contribution in [3.63, 3.8) is 0 Å². The molecule has 0 saturated carbocycles. The minimum Gasteiger partial charge on any atom is -0.507 e. The number of hydrogen-bond acceptors (Lipinski definition) is 7. The molecule has 1 aliphatic rings. The highest BCUT2D eigenvalue weighted by molar-refractivity contribution is 8.00. The summed E-state index contributed by atoms with van der Waals surface area (Å²) in [5, 5.41) is 10.3. The third-order valence-corrected chi connectivity index (χ3v) is 6.36. The van der Waals surface area contributed by atoms with Crippen LogP contribution >= 0.6 is 11.9 Å². The van der Waals surface area contributed by atoms with Crippen LogP contribution in [0.3, 0.4) is 0 Å². The Morgan fingerprint density at radius 1 is 1.09 bits per heavy atom. The van der Waals surface area contributed by atoms with Gasteiger partial charge in [0.25, 0.3) is 0 Å². The van der Waals surface area contributed by atoms with Crippen molar-refractivity contribution in [3.8, 4) is 16.9 Å². The van der Waals surface area contributed by atoms with E-state index in [2.05, 4.69) is 9.62 Å². The fraction of sp³-hybridized carbons (Fsp3) is 0.269. The molecule has 1 heterocycles. The average Bonchev–Trinajstić information content (AvgIpc) is 2.87. The Kier molecular flexibility index (Phi) is 8.57. The Morgan fingerprint density at radius 3 is 2.71 bits per heavy atom. The van der Waals surface area contributed by atoms with Gasteiger partial charge >= 0.3 is 5.97 Å². The summed E-state index contributed by atoms with van der Waals surface area (Å²) in [5.41, 5.74) is 1.38. The molecule has 2 N–H and O–H groups in total. The summed E-state index contributed by atoms with van der Waals surface area (Å²) >= 11 is 1.24. The SMILES string of the molecule is O=C(OCCCN1CCOCC1)c1ccc(NSc2cccc(-c3cc(F)ccc3F)c2)cc1O. The summed E-state index contributed by atoms with van der Waals surface area (Å²) in [6.07, 6.45) is 0.710. The maximum absolute atomic E-state index is 14.1. The van der Waals surface area contributed by atoms with Crippen molar-refractivity contribution in [1.82, 2.24) is 4.90 Å². The van der Waals surface area contributed by atoms with Gasteiger partial charge in [0.1, 0.15) is 22.9 Å². The highest BCUT2D eigenvalue weighted by atomic mass is 32.2. The largest absolute Gasteiger partial charge is 0.507 e. The van der Waals surface area contributed by atoms with Crippen molar-refractivity contribution in [3.05, 3.63) is 77.9 Å². The number of rotatable bonds is 9. The predicted molar refractivity (Wildman–Crippen MR) is 132 cm³/mol. The highest BCUT2D eigenvalue weighted by Gasteiger charge is 2.15. The van der Waals surface area contributed by atoms with Gasteiger partial charge < -0.3 is 19.3 Å². The van der Waals surface area contributed by atoms with Gasteiger partial charge in [-0.1, -0.05) is 12.1 Å². The highest BCUT2D eigenvalue weighted by Crippen LogP contribution is 2.30. The molecular formula is C26H26F2N2O4S. The van der Waals surface area contributed by atoms with E-state index in [1.54, 1.807) is 24.3 Å². The van der Waals surface area contributed by atoms with Crippen LogP contribution in [0.2, 0.25) is 0 Å². The van der Waals surface area contributed by atoms with E-state index in [1.807, 2.05) is 6.07 Å². The summed E-state index contributed by atoms with van der Waals surface area (Å²) in [6, 6.07) is 14.9. The van der Waals surface area contributed by atoms with Crippen molar-refractivity contribution in [2.24, 2.45) is 0 Å². The fourth-order valence-electron chi connectivity index (χ4n) is 3.69. The van der Waals surface area contributed by atoms with Gasteiger partial charge in [0.15, 0.2) is 0 Å². The zero-order valence-corrected chi connectivity index (χ0v) is 19.8. The second-order valence-electron chi connectivity index (χ2n) is 8.03. The lowest BCUT2D eigenvalue weighted by Gasteiger charge is -2.26. The molecule has 1 saturated heterocycles. The molecule has 35 heavy (non-hydrogen) atoms. The molecule has 3 aromatic rings. The number of phenolic OH excluding ortho intramolecular Hbond substituents is 1. The molecule has 0 bridgehead atoms. The molecular weight excluding hydrogens is 474 g/mol. The summed E-state index contributed by atoms with van der Waals surface area (Å²) in [4.78, 5) is 15.4. The number of halogens is 2. The van der Waals surface area contributed by atoms with Crippen LogP contribution in [0.15, 0.2) is 65.6 Å². The van der Waals surface area contributed by atoms with Crippen LogP contribution in [0.25, 0.3) is 11.1 Å². The smallest absolute Gasteiger partial charge is 0.341 e. The molecule has 4 rings (SSSR count). The first-order valence-corrected chi connectivity index (χ1v) is 12.1. The van der Waals surface area contributed by atoms with Gasteiger partial charge in [-0.3, -0.25) is 4.90 Å². The van der Waals surface area contributed by atoms with Crippen molar-refractivity contribution in [2.45, 2.75) is 11.3 Å². The summed E-state index contributed by atoms with van der Waals surface area (Å²) in [7, 11) is 0. The molecule has 0 spiro atoms. The van der Waals surface area contributed by atoms with E-state index in [9.17, 15) is 18.7 Å². The van der Waals surface area contributed by atoms with Crippen molar-refractivity contribution < 1.29 is 28.2 Å². The first kappa shape index (κ1) is 25.0. The molecule has 1 aliphatic heterocycles. The normalized spacial score (nSPS) is 14.0. The monoisotopic (exact) mass is 500 g/mol. The number of carbonyl (C=O) groups is 1. The van der Waals surface area contributed by atoms with Gasteiger partial charge in [0, 0.05) is 41.8 Å². The lowest BCUT2D eigenvalue weighted by Crippen LogP contribution is -2.37. The lowest BCUT2D eigenvalue weighted by molar-refractivity contribution is 0.0297. The second-order valence-corrected chi connectivity index (χ2v) is 8.91. The molecule has 6 nitrogen and oxygen atoms in total. The Balaban J connectivity index is 1.30. The minimum atomic E-state index is -0.575. The molecule has 0 aromatic heterocycles. The number of morpholine rings is 1. The molecule has 0 unspecified atom stereocenters. The molecule has 0 radical (unpaired) electrons. The minimum absolute atomic E-state index is 0.0931. The quantitative estimate of drug-likeness (QED) is 0.234. The van der Waals surface area contributed by atoms with Crippen LogP contribution in [-0.2, 0) is 9.47 Å². The van der Waals surface area contributed by atoms with E-state index < -0.39 is 17.6 Å². The molecule has 0 aliphatic carbocycles. The molecule has 3 aromatic carbocycles. The van der Waals surface area contributed by atoms with Crippen LogP contribution in [-0.4, -0.2) is 55.4 Å². The molecule has 1 fully saturated rings.